The number of H-pyrrole nitrogens is 2. The van der Waals surface area contributed by atoms with Crippen LogP contribution in [-0.4, -0.2) is 39.4 Å². The molecule has 0 fully saturated rings. The van der Waals surface area contributed by atoms with E-state index in [2.05, 4.69) is 15.0 Å². The second kappa shape index (κ2) is 5.97. The number of hydrogen-bond acceptors (Lipinski definition) is 3. The van der Waals surface area contributed by atoms with Crippen molar-refractivity contribution in [3.05, 3.63) is 45.5 Å². The minimum absolute atomic E-state index is 0.113. The van der Waals surface area contributed by atoms with Gasteiger partial charge in [-0.1, -0.05) is 29.3 Å². The van der Waals surface area contributed by atoms with Gasteiger partial charge in [0.1, 0.15) is 0 Å². The highest BCUT2D eigenvalue weighted by molar-refractivity contribution is 6.45. The van der Waals surface area contributed by atoms with E-state index in [9.17, 15) is 4.79 Å². The summed E-state index contributed by atoms with van der Waals surface area (Å²) in [4.78, 5) is 25.0. The number of halogens is 2. The summed E-state index contributed by atoms with van der Waals surface area (Å²) in [7, 11) is 1.53. The standard InChI is InChI=1S/C17H16Cl2N4O2/c1-8-13-9-3-4-10(18)14(19)15(9)21-11(13)5-6-23(8)17(24)16-20-7-12(22-16)25-2/h3-4,7-8,21H,5-6H2,1-2H3,(H,20,22). The van der Waals surface area contributed by atoms with Crippen molar-refractivity contribution in [3.8, 4) is 5.88 Å². The summed E-state index contributed by atoms with van der Waals surface area (Å²) >= 11 is 12.5. The summed E-state index contributed by atoms with van der Waals surface area (Å²) in [6.45, 7) is 2.60. The summed E-state index contributed by atoms with van der Waals surface area (Å²) in [5.74, 6) is 0.575. The highest BCUT2D eigenvalue weighted by Crippen LogP contribution is 2.40. The van der Waals surface area contributed by atoms with E-state index < -0.39 is 0 Å². The number of rotatable bonds is 2. The maximum atomic E-state index is 12.8. The van der Waals surface area contributed by atoms with Crippen molar-refractivity contribution >= 4 is 40.0 Å². The molecule has 0 saturated carbocycles. The minimum Gasteiger partial charge on any atom is -0.481 e. The van der Waals surface area contributed by atoms with Gasteiger partial charge in [0.05, 0.1) is 34.9 Å². The van der Waals surface area contributed by atoms with Crippen molar-refractivity contribution in [1.29, 1.82) is 0 Å². The topological polar surface area (TPSA) is 74.0 Å². The molecule has 3 heterocycles. The van der Waals surface area contributed by atoms with Crippen LogP contribution in [0.25, 0.3) is 10.9 Å². The van der Waals surface area contributed by atoms with Crippen LogP contribution < -0.4 is 4.74 Å². The molecule has 1 aliphatic heterocycles. The number of carbonyl (C=O) groups excluding carboxylic acids is 1. The fourth-order valence-electron chi connectivity index (χ4n) is 3.46. The van der Waals surface area contributed by atoms with Crippen LogP contribution in [0, 0.1) is 0 Å². The molecule has 0 radical (unpaired) electrons. The summed E-state index contributed by atoms with van der Waals surface area (Å²) < 4.78 is 5.06. The number of aromatic nitrogens is 3. The molecule has 1 amide bonds. The van der Waals surface area contributed by atoms with E-state index in [1.165, 1.54) is 13.3 Å². The Balaban J connectivity index is 1.74. The number of hydrogen-bond donors (Lipinski definition) is 2. The zero-order valence-corrected chi connectivity index (χ0v) is 15.2. The van der Waals surface area contributed by atoms with Crippen LogP contribution in [0.3, 0.4) is 0 Å². The number of benzene rings is 1. The predicted molar refractivity (Wildman–Crippen MR) is 96.6 cm³/mol. The molecule has 1 aliphatic rings. The summed E-state index contributed by atoms with van der Waals surface area (Å²) in [6.07, 6.45) is 2.21. The number of nitrogens with one attached hydrogen (secondary N) is 2. The molecule has 1 atom stereocenters. The van der Waals surface area contributed by atoms with Gasteiger partial charge in [-0.3, -0.25) is 4.79 Å². The molecule has 2 aromatic heterocycles. The van der Waals surface area contributed by atoms with Crippen LogP contribution in [0.1, 0.15) is 34.8 Å². The molecule has 4 rings (SSSR count). The molecule has 0 saturated heterocycles. The van der Waals surface area contributed by atoms with Crippen molar-refractivity contribution in [3.63, 3.8) is 0 Å². The molecule has 130 valence electrons. The summed E-state index contributed by atoms with van der Waals surface area (Å²) in [6, 6.07) is 3.61. The maximum absolute atomic E-state index is 12.8. The molecule has 6 nitrogen and oxygen atoms in total. The van der Waals surface area contributed by atoms with E-state index in [0.717, 1.165) is 22.2 Å². The Kier molecular flexibility index (Phi) is 3.89. The fraction of sp³-hybridized carbons (Fsp3) is 0.294. The van der Waals surface area contributed by atoms with E-state index in [0.29, 0.717) is 28.9 Å². The Hall–Kier alpha value is -2.18. The van der Waals surface area contributed by atoms with Gasteiger partial charge >= 0.3 is 0 Å². The van der Waals surface area contributed by atoms with Gasteiger partial charge in [0, 0.05) is 29.6 Å². The van der Waals surface area contributed by atoms with Gasteiger partial charge in [0.2, 0.25) is 5.88 Å². The van der Waals surface area contributed by atoms with Gasteiger partial charge in [-0.25, -0.2) is 4.98 Å². The normalized spacial score (nSPS) is 17.0. The molecular formula is C17H16Cl2N4O2. The average Bonchev–Trinajstić information content (AvgIpc) is 3.23. The first-order chi connectivity index (χ1) is 12.0. The average molecular weight is 379 g/mol. The smallest absolute Gasteiger partial charge is 0.290 e. The van der Waals surface area contributed by atoms with E-state index >= 15 is 0 Å². The molecule has 1 unspecified atom stereocenters. The highest BCUT2D eigenvalue weighted by Gasteiger charge is 2.32. The van der Waals surface area contributed by atoms with Crippen molar-refractivity contribution in [1.82, 2.24) is 19.9 Å². The number of carbonyl (C=O) groups is 1. The minimum atomic E-state index is -0.157. The predicted octanol–water partition coefficient (Wildman–Crippen LogP) is 3.97. The van der Waals surface area contributed by atoms with Crippen LogP contribution in [0.15, 0.2) is 18.3 Å². The number of amides is 1. The quantitative estimate of drug-likeness (QED) is 0.708. The monoisotopic (exact) mass is 378 g/mol. The van der Waals surface area contributed by atoms with Crippen molar-refractivity contribution in [2.75, 3.05) is 13.7 Å². The third-order valence-electron chi connectivity index (χ3n) is 4.71. The lowest BCUT2D eigenvalue weighted by atomic mass is 9.97. The van der Waals surface area contributed by atoms with Gasteiger partial charge < -0.3 is 19.6 Å². The Morgan fingerprint density at radius 2 is 2.16 bits per heavy atom. The first-order valence-corrected chi connectivity index (χ1v) is 8.65. The van der Waals surface area contributed by atoms with Gasteiger partial charge in [-0.05, 0) is 13.0 Å². The number of ether oxygens (including phenoxy) is 1. The Bertz CT molecular complexity index is 979. The van der Waals surface area contributed by atoms with Gasteiger partial charge in [-0.2, -0.15) is 0 Å². The highest BCUT2D eigenvalue weighted by atomic mass is 35.5. The number of fused-ring (bicyclic) bond motifs is 3. The molecule has 0 aliphatic carbocycles. The lowest BCUT2D eigenvalue weighted by molar-refractivity contribution is 0.0666. The first-order valence-electron chi connectivity index (χ1n) is 7.89. The summed E-state index contributed by atoms with van der Waals surface area (Å²) in [5, 5.41) is 2.01. The molecule has 1 aromatic carbocycles. The second-order valence-electron chi connectivity index (χ2n) is 6.03. The van der Waals surface area contributed by atoms with Crippen molar-refractivity contribution in [2.24, 2.45) is 0 Å². The molecule has 8 heteroatoms. The van der Waals surface area contributed by atoms with E-state index in [1.54, 1.807) is 11.0 Å². The molecule has 2 N–H and O–H groups in total. The third-order valence-corrected chi connectivity index (χ3v) is 5.51. The molecular weight excluding hydrogens is 363 g/mol. The largest absolute Gasteiger partial charge is 0.481 e. The van der Waals surface area contributed by atoms with E-state index in [4.69, 9.17) is 27.9 Å². The second-order valence-corrected chi connectivity index (χ2v) is 6.81. The van der Waals surface area contributed by atoms with Gasteiger partial charge in [0.15, 0.2) is 5.82 Å². The zero-order chi connectivity index (χ0) is 17.7. The van der Waals surface area contributed by atoms with E-state index in [1.807, 2.05) is 13.0 Å². The van der Waals surface area contributed by atoms with Crippen LogP contribution in [0.5, 0.6) is 5.88 Å². The van der Waals surface area contributed by atoms with Gasteiger partial charge in [-0.15, -0.1) is 0 Å². The van der Waals surface area contributed by atoms with Crippen LogP contribution >= 0.6 is 23.2 Å². The fourth-order valence-corrected chi connectivity index (χ4v) is 3.83. The Labute approximate surface area is 154 Å². The van der Waals surface area contributed by atoms with Gasteiger partial charge in [0.25, 0.3) is 5.91 Å². The third kappa shape index (κ3) is 2.48. The maximum Gasteiger partial charge on any atom is 0.290 e. The molecule has 25 heavy (non-hydrogen) atoms. The molecule has 0 bridgehead atoms. The molecule has 3 aromatic rings. The van der Waals surface area contributed by atoms with Crippen LogP contribution in [0.4, 0.5) is 0 Å². The Morgan fingerprint density at radius 3 is 2.88 bits per heavy atom. The molecule has 0 spiro atoms. The first kappa shape index (κ1) is 16.3. The summed E-state index contributed by atoms with van der Waals surface area (Å²) in [5.41, 5.74) is 2.99. The SMILES string of the molecule is COc1cnc(C(=O)N2CCc3[nH]c4c(Cl)c(Cl)ccc4c3C2C)[nH]1. The number of aromatic amines is 2. The number of methoxy groups -OCH3 is 1. The van der Waals surface area contributed by atoms with Crippen LogP contribution in [-0.2, 0) is 6.42 Å². The zero-order valence-electron chi connectivity index (χ0n) is 13.7. The van der Waals surface area contributed by atoms with E-state index in [-0.39, 0.29) is 17.8 Å². The number of imidazole rings is 1. The lowest BCUT2D eigenvalue weighted by Crippen LogP contribution is -2.39. The van der Waals surface area contributed by atoms with Crippen molar-refractivity contribution < 1.29 is 9.53 Å². The lowest BCUT2D eigenvalue weighted by Gasteiger charge is -2.33. The number of nitrogens with zero attached hydrogens (tertiary/aromatic N) is 2. The Morgan fingerprint density at radius 1 is 1.36 bits per heavy atom. The van der Waals surface area contributed by atoms with Crippen molar-refractivity contribution in [2.45, 2.75) is 19.4 Å². The van der Waals surface area contributed by atoms with Crippen LogP contribution in [0.2, 0.25) is 10.0 Å².